The van der Waals surface area contributed by atoms with Crippen LogP contribution in [0.4, 0.5) is 0 Å². The van der Waals surface area contributed by atoms with Gasteiger partial charge in [-0.15, -0.1) is 0 Å². The smallest absolute Gasteiger partial charge is 0.267 e. The Morgan fingerprint density at radius 1 is 1.11 bits per heavy atom. The second kappa shape index (κ2) is 8.97. The van der Waals surface area contributed by atoms with Crippen molar-refractivity contribution in [3.8, 4) is 11.1 Å². The lowest BCUT2D eigenvalue weighted by Crippen LogP contribution is -2.54. The Bertz CT molecular complexity index is 815. The van der Waals surface area contributed by atoms with Gasteiger partial charge in [0.1, 0.15) is 6.04 Å². The number of rotatable bonds is 8. The third-order valence-corrected chi connectivity index (χ3v) is 4.65. The minimum Gasteiger partial charge on any atom is -0.374 e. The molecule has 0 spiro atoms. The summed E-state index contributed by atoms with van der Waals surface area (Å²) in [5.74, 6) is -1.20. The largest absolute Gasteiger partial charge is 0.374 e. The fourth-order valence-corrected chi connectivity index (χ4v) is 2.79. The summed E-state index contributed by atoms with van der Waals surface area (Å²) >= 11 is 0. The lowest BCUT2D eigenvalue weighted by molar-refractivity contribution is -0.131. The maximum Gasteiger partial charge on any atom is 0.267 e. The van der Waals surface area contributed by atoms with Crippen LogP contribution >= 0.6 is 0 Å². The highest BCUT2D eigenvalue weighted by Crippen LogP contribution is 2.25. The van der Waals surface area contributed by atoms with E-state index in [1.54, 1.807) is 19.1 Å². The normalized spacial score (nSPS) is 15.5. The van der Waals surface area contributed by atoms with Crippen molar-refractivity contribution in [2.45, 2.75) is 44.6 Å². The molecule has 1 aliphatic rings. The Balaban J connectivity index is 1.63. The first kappa shape index (κ1) is 20.0. The van der Waals surface area contributed by atoms with Crippen molar-refractivity contribution in [2.75, 3.05) is 0 Å². The zero-order chi connectivity index (χ0) is 20.1. The van der Waals surface area contributed by atoms with Gasteiger partial charge < -0.3 is 15.8 Å². The van der Waals surface area contributed by atoms with Crippen LogP contribution in [-0.4, -0.2) is 35.2 Å². The third kappa shape index (κ3) is 5.16. The molecule has 0 saturated heterocycles. The number of carbonyl (C=O) groups is 2. The van der Waals surface area contributed by atoms with Gasteiger partial charge in [-0.2, -0.15) is 0 Å². The van der Waals surface area contributed by atoms with E-state index in [0.717, 1.165) is 29.5 Å². The van der Waals surface area contributed by atoms with Crippen LogP contribution in [0.3, 0.4) is 0 Å². The number of carbonyl (C=O) groups excluding carboxylic acids is 2. The Morgan fingerprint density at radius 3 is 2.18 bits per heavy atom. The first-order valence-electron chi connectivity index (χ1n) is 9.29. The van der Waals surface area contributed by atoms with E-state index in [1.807, 2.05) is 36.4 Å². The maximum atomic E-state index is 12.4. The highest BCUT2D eigenvalue weighted by atomic mass is 16.5. The zero-order valence-corrected chi connectivity index (χ0v) is 15.7. The molecular weight excluding hydrogens is 358 g/mol. The fraction of sp³-hybridized carbons (Fsp3) is 0.333. The van der Waals surface area contributed by atoms with E-state index < -0.39 is 23.9 Å². The molecule has 0 unspecified atom stereocenters. The molecule has 7 heteroatoms. The highest BCUT2D eigenvalue weighted by molar-refractivity contribution is 5.98. The van der Waals surface area contributed by atoms with Crippen LogP contribution in [0.5, 0.6) is 0 Å². The predicted octanol–water partition coefficient (Wildman–Crippen LogP) is 1.98. The summed E-state index contributed by atoms with van der Waals surface area (Å²) < 4.78 is 5.70. The molecule has 0 bridgehead atoms. The summed E-state index contributed by atoms with van der Waals surface area (Å²) in [6, 6.07) is 13.5. The van der Waals surface area contributed by atoms with Gasteiger partial charge in [-0.1, -0.05) is 36.4 Å². The van der Waals surface area contributed by atoms with Crippen LogP contribution in [0.2, 0.25) is 0 Å². The molecule has 2 aromatic rings. The Labute approximate surface area is 163 Å². The number of ether oxygens (including phenoxy) is 1. The quantitative estimate of drug-likeness (QED) is 0.411. The molecule has 3 rings (SSSR count). The number of hydrogen-bond acceptors (Lipinski definition) is 5. The summed E-state index contributed by atoms with van der Waals surface area (Å²) in [6.45, 7) is 2.20. The van der Waals surface area contributed by atoms with Crippen molar-refractivity contribution in [3.63, 3.8) is 0 Å². The van der Waals surface area contributed by atoms with Gasteiger partial charge in [-0.3, -0.25) is 14.8 Å². The van der Waals surface area contributed by atoms with E-state index in [0.29, 0.717) is 18.3 Å². The van der Waals surface area contributed by atoms with Gasteiger partial charge in [-0.05, 0) is 48.6 Å². The van der Waals surface area contributed by atoms with Crippen molar-refractivity contribution in [1.82, 2.24) is 10.8 Å². The molecule has 0 radical (unpaired) electrons. The second-order valence-corrected chi connectivity index (χ2v) is 7.07. The fourth-order valence-electron chi connectivity index (χ4n) is 2.79. The minimum atomic E-state index is -1.03. The summed E-state index contributed by atoms with van der Waals surface area (Å²) in [5, 5.41) is 11.3. The predicted molar refractivity (Wildman–Crippen MR) is 105 cm³/mol. The SMILES string of the molecule is C[C@@H](N)[C@H](NC(=O)c1ccc(-c2ccc(COC3CC3)cc2)cc1)C(=O)NO. The van der Waals surface area contributed by atoms with Crippen molar-refractivity contribution >= 4 is 11.8 Å². The van der Waals surface area contributed by atoms with Gasteiger partial charge in [0.2, 0.25) is 0 Å². The maximum absolute atomic E-state index is 12.4. The van der Waals surface area contributed by atoms with Crippen molar-refractivity contribution in [3.05, 3.63) is 59.7 Å². The molecule has 28 heavy (non-hydrogen) atoms. The molecule has 1 fully saturated rings. The second-order valence-electron chi connectivity index (χ2n) is 7.07. The van der Waals surface area contributed by atoms with Crippen molar-refractivity contribution in [1.29, 1.82) is 0 Å². The lowest BCUT2D eigenvalue weighted by atomic mass is 10.0. The van der Waals surface area contributed by atoms with E-state index >= 15 is 0 Å². The van der Waals surface area contributed by atoms with Crippen LogP contribution in [0.1, 0.15) is 35.7 Å². The van der Waals surface area contributed by atoms with Crippen LogP contribution < -0.4 is 16.5 Å². The Hall–Kier alpha value is -2.74. The Kier molecular flexibility index (Phi) is 6.41. The van der Waals surface area contributed by atoms with Crippen LogP contribution in [0, 0.1) is 0 Å². The van der Waals surface area contributed by atoms with Gasteiger partial charge in [-0.25, -0.2) is 5.48 Å². The summed E-state index contributed by atoms with van der Waals surface area (Å²) in [4.78, 5) is 24.0. The lowest BCUT2D eigenvalue weighted by Gasteiger charge is -2.20. The molecule has 0 heterocycles. The molecule has 2 aromatic carbocycles. The van der Waals surface area contributed by atoms with Crippen LogP contribution in [0.25, 0.3) is 11.1 Å². The van der Waals surface area contributed by atoms with E-state index in [9.17, 15) is 9.59 Å². The standard InChI is InChI=1S/C21H25N3O4/c1-13(22)19(21(26)24-27)23-20(25)17-8-6-16(7-9-17)15-4-2-14(3-5-15)12-28-18-10-11-18/h2-9,13,18-19,27H,10-12,22H2,1H3,(H,23,25)(H,24,26)/t13-,19+/m1/s1. The molecule has 148 valence electrons. The number of hydrogen-bond donors (Lipinski definition) is 4. The van der Waals surface area contributed by atoms with Crippen LogP contribution in [0.15, 0.2) is 48.5 Å². The van der Waals surface area contributed by atoms with Gasteiger partial charge in [0, 0.05) is 11.6 Å². The number of nitrogens with one attached hydrogen (secondary N) is 2. The zero-order valence-electron chi connectivity index (χ0n) is 15.7. The Morgan fingerprint density at radius 2 is 1.68 bits per heavy atom. The highest BCUT2D eigenvalue weighted by Gasteiger charge is 2.24. The number of amides is 2. The summed E-state index contributed by atoms with van der Waals surface area (Å²) in [7, 11) is 0. The molecular formula is C21H25N3O4. The molecule has 1 aliphatic carbocycles. The van der Waals surface area contributed by atoms with Crippen molar-refractivity contribution < 1.29 is 19.5 Å². The average Bonchev–Trinajstić information content (AvgIpc) is 3.54. The molecule has 0 aliphatic heterocycles. The number of nitrogens with two attached hydrogens (primary N) is 1. The van der Waals surface area contributed by atoms with Gasteiger partial charge in [0.15, 0.2) is 0 Å². The number of benzene rings is 2. The molecule has 7 nitrogen and oxygen atoms in total. The van der Waals surface area contributed by atoms with Gasteiger partial charge in [0.05, 0.1) is 12.7 Å². The summed E-state index contributed by atoms with van der Waals surface area (Å²) in [5.41, 5.74) is 10.8. The summed E-state index contributed by atoms with van der Waals surface area (Å²) in [6.07, 6.45) is 2.75. The monoisotopic (exact) mass is 383 g/mol. The van der Waals surface area contributed by atoms with E-state index in [2.05, 4.69) is 5.32 Å². The average molecular weight is 383 g/mol. The van der Waals surface area contributed by atoms with Crippen LogP contribution in [-0.2, 0) is 16.1 Å². The molecule has 2 atom stereocenters. The van der Waals surface area contributed by atoms with Gasteiger partial charge >= 0.3 is 0 Å². The first-order valence-corrected chi connectivity index (χ1v) is 9.29. The molecule has 5 N–H and O–H groups in total. The minimum absolute atomic E-state index is 0.398. The first-order chi connectivity index (χ1) is 13.5. The molecule has 0 aromatic heterocycles. The van der Waals surface area contributed by atoms with E-state index in [-0.39, 0.29) is 0 Å². The molecule has 2 amide bonds. The molecule has 1 saturated carbocycles. The van der Waals surface area contributed by atoms with E-state index in [1.165, 1.54) is 5.48 Å². The third-order valence-electron chi connectivity index (χ3n) is 4.65. The van der Waals surface area contributed by atoms with Gasteiger partial charge in [0.25, 0.3) is 11.8 Å². The topological polar surface area (TPSA) is 114 Å². The number of hydroxylamine groups is 1. The van der Waals surface area contributed by atoms with E-state index in [4.69, 9.17) is 15.7 Å². The van der Waals surface area contributed by atoms with Crippen molar-refractivity contribution in [2.24, 2.45) is 5.73 Å².